The summed E-state index contributed by atoms with van der Waals surface area (Å²) < 4.78 is 17.2. The molecule has 3 aromatic rings. The van der Waals surface area contributed by atoms with Gasteiger partial charge in [0.2, 0.25) is 0 Å². The normalized spacial score (nSPS) is 16.2. The fraction of sp³-hybridized carbons (Fsp3) is 0.226. The number of aryl methyl sites for hydroxylation is 1. The van der Waals surface area contributed by atoms with E-state index in [1.807, 2.05) is 80.6 Å². The molecular formula is C31H29NO5. The fourth-order valence-electron chi connectivity index (χ4n) is 4.97. The van der Waals surface area contributed by atoms with Crippen LogP contribution in [0.4, 0.5) is 0 Å². The van der Waals surface area contributed by atoms with Crippen molar-refractivity contribution in [2.24, 2.45) is 0 Å². The topological polar surface area (TPSA) is 73.9 Å². The predicted octanol–water partition coefficient (Wildman–Crippen LogP) is 5.71. The van der Waals surface area contributed by atoms with Gasteiger partial charge in [-0.3, -0.25) is 4.79 Å². The second-order valence-electron chi connectivity index (χ2n) is 9.17. The monoisotopic (exact) mass is 495 g/mol. The van der Waals surface area contributed by atoms with Crippen LogP contribution in [0.2, 0.25) is 0 Å². The number of rotatable bonds is 7. The average Bonchev–Trinajstić information content (AvgIpc) is 3.19. The number of methoxy groups -OCH3 is 1. The first kappa shape index (κ1) is 24.4. The highest BCUT2D eigenvalue weighted by Crippen LogP contribution is 2.48. The summed E-state index contributed by atoms with van der Waals surface area (Å²) in [7, 11) is 1.58. The maximum atomic E-state index is 13.6. The Hall–Kier alpha value is -4.32. The molecule has 0 saturated carbocycles. The molecule has 1 heterocycles. The van der Waals surface area contributed by atoms with E-state index in [1.165, 1.54) is 5.56 Å². The van der Waals surface area contributed by atoms with Crippen LogP contribution in [0.25, 0.3) is 5.70 Å². The lowest BCUT2D eigenvalue weighted by Crippen LogP contribution is -2.29. The zero-order chi connectivity index (χ0) is 26.1. The number of hydrogen-bond donors (Lipinski definition) is 1. The smallest absolute Gasteiger partial charge is 0.336 e. The first-order chi connectivity index (χ1) is 17.9. The van der Waals surface area contributed by atoms with Gasteiger partial charge in [-0.15, -0.1) is 0 Å². The fourth-order valence-corrected chi connectivity index (χ4v) is 4.97. The summed E-state index contributed by atoms with van der Waals surface area (Å²) in [6, 6.07) is 21.2. The number of ether oxygens (including phenoxy) is 3. The molecule has 1 atom stereocenters. The Bertz CT molecular complexity index is 1450. The minimum atomic E-state index is -0.616. The number of fused-ring (bicyclic) bond motifs is 2. The van der Waals surface area contributed by atoms with Gasteiger partial charge in [0.1, 0.15) is 6.61 Å². The molecule has 188 valence electrons. The lowest BCUT2D eigenvalue weighted by molar-refractivity contribution is -0.138. The molecule has 0 aromatic heterocycles. The van der Waals surface area contributed by atoms with Crippen LogP contribution in [-0.2, 0) is 16.1 Å². The van der Waals surface area contributed by atoms with Crippen LogP contribution in [-0.4, -0.2) is 25.5 Å². The second kappa shape index (κ2) is 9.97. The first-order valence-corrected chi connectivity index (χ1v) is 12.3. The van der Waals surface area contributed by atoms with E-state index in [0.29, 0.717) is 40.5 Å². The molecule has 2 aliphatic rings. The minimum absolute atomic E-state index is 0.101. The van der Waals surface area contributed by atoms with Gasteiger partial charge in [0, 0.05) is 28.3 Å². The van der Waals surface area contributed by atoms with Gasteiger partial charge in [0.15, 0.2) is 17.3 Å². The molecular weight excluding hydrogens is 466 g/mol. The summed E-state index contributed by atoms with van der Waals surface area (Å²) in [4.78, 5) is 26.8. The van der Waals surface area contributed by atoms with Crippen molar-refractivity contribution in [3.8, 4) is 11.5 Å². The molecule has 0 fully saturated rings. The summed E-state index contributed by atoms with van der Waals surface area (Å²) in [5, 5.41) is 3.32. The Morgan fingerprint density at radius 2 is 1.68 bits per heavy atom. The molecule has 0 unspecified atom stereocenters. The quantitative estimate of drug-likeness (QED) is 0.423. The van der Waals surface area contributed by atoms with Gasteiger partial charge < -0.3 is 19.5 Å². The van der Waals surface area contributed by atoms with Crippen molar-refractivity contribution < 1.29 is 23.8 Å². The number of esters is 1. The van der Waals surface area contributed by atoms with E-state index in [1.54, 1.807) is 14.0 Å². The molecule has 1 aliphatic heterocycles. The Balaban J connectivity index is 1.56. The van der Waals surface area contributed by atoms with Crippen LogP contribution in [0.3, 0.4) is 0 Å². The number of allylic oxidation sites excluding steroid dienone is 2. The van der Waals surface area contributed by atoms with E-state index in [9.17, 15) is 9.59 Å². The molecule has 6 nitrogen and oxygen atoms in total. The molecule has 1 N–H and O–H groups in total. The van der Waals surface area contributed by atoms with Gasteiger partial charge in [-0.05, 0) is 44.0 Å². The highest BCUT2D eigenvalue weighted by molar-refractivity contribution is 6.23. The predicted molar refractivity (Wildman–Crippen MR) is 141 cm³/mol. The third-order valence-corrected chi connectivity index (χ3v) is 6.78. The van der Waals surface area contributed by atoms with E-state index in [2.05, 4.69) is 5.32 Å². The Labute approximate surface area is 216 Å². The summed E-state index contributed by atoms with van der Waals surface area (Å²) in [5.41, 5.74) is 6.76. The van der Waals surface area contributed by atoms with Gasteiger partial charge in [-0.1, -0.05) is 60.2 Å². The molecule has 5 rings (SSSR count). The standard InChI is InChI=1S/C31H29NO5/c1-5-36-31(34)26-19(3)32-29-22-8-6-7-9-23(22)30(33)28(29)27(26)21-14-15-24(25(16-21)35-4)37-17-20-12-10-18(2)11-13-20/h6-16,27,32H,5,17H2,1-4H3/t27-/m0/s1. The number of dihydropyridines is 1. The molecule has 3 aromatic carbocycles. The zero-order valence-electron chi connectivity index (χ0n) is 21.4. The number of benzene rings is 3. The lowest BCUT2D eigenvalue weighted by Gasteiger charge is -2.29. The summed E-state index contributed by atoms with van der Waals surface area (Å²) >= 11 is 0. The molecule has 0 saturated heterocycles. The van der Waals surface area contributed by atoms with E-state index in [-0.39, 0.29) is 12.4 Å². The average molecular weight is 496 g/mol. The maximum Gasteiger partial charge on any atom is 0.336 e. The van der Waals surface area contributed by atoms with Gasteiger partial charge in [0.05, 0.1) is 25.0 Å². The van der Waals surface area contributed by atoms with Crippen molar-refractivity contribution in [2.75, 3.05) is 13.7 Å². The van der Waals surface area contributed by atoms with Crippen molar-refractivity contribution in [2.45, 2.75) is 33.3 Å². The number of nitrogens with one attached hydrogen (secondary N) is 1. The van der Waals surface area contributed by atoms with Crippen LogP contribution in [0.1, 0.15) is 52.4 Å². The van der Waals surface area contributed by atoms with Gasteiger partial charge >= 0.3 is 5.97 Å². The lowest BCUT2D eigenvalue weighted by atomic mass is 9.79. The van der Waals surface area contributed by atoms with Crippen LogP contribution in [0.15, 0.2) is 83.6 Å². The molecule has 0 spiro atoms. The second-order valence-corrected chi connectivity index (χ2v) is 9.17. The van der Waals surface area contributed by atoms with E-state index in [0.717, 1.165) is 22.4 Å². The first-order valence-electron chi connectivity index (χ1n) is 12.3. The molecule has 0 bridgehead atoms. The Morgan fingerprint density at radius 1 is 0.946 bits per heavy atom. The summed E-state index contributed by atoms with van der Waals surface area (Å²) in [6.45, 7) is 6.27. The number of ketones is 1. The summed E-state index contributed by atoms with van der Waals surface area (Å²) in [5.74, 6) is -0.0683. The number of hydrogen-bond acceptors (Lipinski definition) is 6. The van der Waals surface area contributed by atoms with Gasteiger partial charge in [-0.25, -0.2) is 4.79 Å². The highest BCUT2D eigenvalue weighted by atomic mass is 16.5. The molecule has 1 aliphatic carbocycles. The zero-order valence-corrected chi connectivity index (χ0v) is 21.4. The van der Waals surface area contributed by atoms with Crippen molar-refractivity contribution >= 4 is 17.4 Å². The SMILES string of the molecule is CCOC(=O)C1=C(C)NC2=C(C(=O)c3ccccc32)[C@H]1c1ccc(OCc2ccc(C)cc2)c(OC)c1. The van der Waals surface area contributed by atoms with Crippen LogP contribution in [0.5, 0.6) is 11.5 Å². The number of carbonyl (C=O) groups excluding carboxylic acids is 2. The molecule has 0 amide bonds. The number of carbonyl (C=O) groups is 2. The van der Waals surface area contributed by atoms with E-state index >= 15 is 0 Å². The maximum absolute atomic E-state index is 13.6. The van der Waals surface area contributed by atoms with Gasteiger partial charge in [-0.2, -0.15) is 0 Å². The molecule has 37 heavy (non-hydrogen) atoms. The van der Waals surface area contributed by atoms with Crippen LogP contribution in [0, 0.1) is 6.92 Å². The van der Waals surface area contributed by atoms with E-state index in [4.69, 9.17) is 14.2 Å². The largest absolute Gasteiger partial charge is 0.493 e. The van der Waals surface area contributed by atoms with Crippen molar-refractivity contribution in [3.63, 3.8) is 0 Å². The van der Waals surface area contributed by atoms with Crippen molar-refractivity contribution in [3.05, 3.63) is 111 Å². The third-order valence-electron chi connectivity index (χ3n) is 6.78. The van der Waals surface area contributed by atoms with Crippen molar-refractivity contribution in [1.82, 2.24) is 5.32 Å². The third kappa shape index (κ3) is 4.40. The van der Waals surface area contributed by atoms with E-state index < -0.39 is 11.9 Å². The minimum Gasteiger partial charge on any atom is -0.493 e. The molecule has 6 heteroatoms. The number of Topliss-reactive ketones (excluding diaryl/α,β-unsaturated/α-hetero) is 1. The Morgan fingerprint density at radius 3 is 2.38 bits per heavy atom. The van der Waals surface area contributed by atoms with Crippen LogP contribution >= 0.6 is 0 Å². The summed E-state index contributed by atoms with van der Waals surface area (Å²) in [6.07, 6.45) is 0. The van der Waals surface area contributed by atoms with Gasteiger partial charge in [0.25, 0.3) is 0 Å². The highest BCUT2D eigenvalue weighted by Gasteiger charge is 2.43. The molecule has 0 radical (unpaired) electrons. The van der Waals surface area contributed by atoms with Crippen LogP contribution < -0.4 is 14.8 Å². The Kier molecular flexibility index (Phi) is 6.57. The van der Waals surface area contributed by atoms with Crippen molar-refractivity contribution in [1.29, 1.82) is 0 Å².